The van der Waals surface area contributed by atoms with Gasteiger partial charge in [0.2, 0.25) is 5.96 Å². The summed E-state index contributed by atoms with van der Waals surface area (Å²) in [4.78, 5) is 6.62. The zero-order valence-electron chi connectivity index (χ0n) is 11.1. The van der Waals surface area contributed by atoms with Crippen molar-refractivity contribution >= 4 is 12.2 Å². The van der Waals surface area contributed by atoms with E-state index in [1.807, 2.05) is 48.6 Å². The van der Waals surface area contributed by atoms with E-state index in [-0.39, 0.29) is 0 Å². The molecule has 0 saturated carbocycles. The molecule has 2 rings (SSSR count). The zero-order chi connectivity index (χ0) is 12.8. The molecule has 1 saturated heterocycles. The number of nitrogens with zero attached hydrogens (tertiary/aromatic N) is 4. The van der Waals surface area contributed by atoms with Gasteiger partial charge in [-0.3, -0.25) is 4.99 Å². The third-order valence-electron chi connectivity index (χ3n) is 2.93. The van der Waals surface area contributed by atoms with Crippen molar-refractivity contribution in [3.05, 3.63) is 35.9 Å². The predicted octanol–water partition coefficient (Wildman–Crippen LogP) is 2.03. The number of rotatable bonds is 4. The molecule has 0 spiro atoms. The lowest BCUT2D eigenvalue weighted by atomic mass is 10.2. The maximum Gasteiger partial charge on any atom is 0.217 e. The molecule has 1 heterocycles. The Kier molecular flexibility index (Phi) is 4.34. The lowest BCUT2D eigenvalue weighted by molar-refractivity contribution is 0.459. The highest BCUT2D eigenvalue weighted by Gasteiger charge is 2.24. The monoisotopic (exact) mass is 244 g/mol. The lowest BCUT2D eigenvalue weighted by Gasteiger charge is -2.18. The van der Waals surface area contributed by atoms with Crippen LogP contribution in [-0.4, -0.2) is 48.8 Å². The zero-order valence-corrected chi connectivity index (χ0v) is 11.1. The molecule has 1 aliphatic heterocycles. The summed E-state index contributed by atoms with van der Waals surface area (Å²) in [6.07, 6.45) is 3.02. The fraction of sp³-hybridized carbons (Fsp3) is 0.429. The summed E-state index contributed by atoms with van der Waals surface area (Å²) >= 11 is 0. The fourth-order valence-corrected chi connectivity index (χ4v) is 2.10. The molecule has 0 radical (unpaired) electrons. The Morgan fingerprint density at radius 1 is 1.22 bits per heavy atom. The Morgan fingerprint density at radius 3 is 2.67 bits per heavy atom. The van der Waals surface area contributed by atoms with E-state index in [0.717, 1.165) is 37.6 Å². The van der Waals surface area contributed by atoms with Gasteiger partial charge in [-0.1, -0.05) is 37.3 Å². The minimum Gasteiger partial charge on any atom is -0.340 e. The van der Waals surface area contributed by atoms with Gasteiger partial charge in [0.25, 0.3) is 0 Å². The van der Waals surface area contributed by atoms with E-state index in [0.29, 0.717) is 0 Å². The molecule has 4 heteroatoms. The normalized spacial score (nSPS) is 18.2. The molecule has 4 nitrogen and oxygen atoms in total. The third kappa shape index (κ3) is 2.88. The second-order valence-corrected chi connectivity index (χ2v) is 4.29. The summed E-state index contributed by atoms with van der Waals surface area (Å²) in [6.45, 7) is 5.15. The number of hydrogen-bond acceptors (Lipinski definition) is 2. The van der Waals surface area contributed by atoms with Gasteiger partial charge in [-0.15, -0.1) is 0 Å². The van der Waals surface area contributed by atoms with Crippen LogP contribution in [0.5, 0.6) is 0 Å². The predicted molar refractivity (Wildman–Crippen MR) is 76.0 cm³/mol. The summed E-state index contributed by atoms with van der Waals surface area (Å²) < 4.78 is 0. The van der Waals surface area contributed by atoms with Gasteiger partial charge in [0, 0.05) is 20.1 Å². The maximum atomic E-state index is 4.51. The van der Waals surface area contributed by atoms with Gasteiger partial charge >= 0.3 is 0 Å². The number of aliphatic imine (C=N–C) groups is 1. The van der Waals surface area contributed by atoms with Crippen LogP contribution in [0.3, 0.4) is 0 Å². The first kappa shape index (κ1) is 12.6. The molecular weight excluding hydrogens is 224 g/mol. The first-order valence-electron chi connectivity index (χ1n) is 6.43. The molecule has 0 aromatic heterocycles. The first-order chi connectivity index (χ1) is 8.85. The van der Waals surface area contributed by atoms with Crippen molar-refractivity contribution in [3.63, 3.8) is 0 Å². The number of hydrogen-bond donors (Lipinski definition) is 0. The van der Waals surface area contributed by atoms with E-state index < -0.39 is 0 Å². The quantitative estimate of drug-likeness (QED) is 0.759. The molecule has 0 amide bonds. The highest BCUT2D eigenvalue weighted by Crippen LogP contribution is 2.10. The van der Waals surface area contributed by atoms with E-state index in [1.54, 1.807) is 0 Å². The molecule has 1 aromatic carbocycles. The van der Waals surface area contributed by atoms with Crippen molar-refractivity contribution in [2.75, 3.05) is 26.7 Å². The Morgan fingerprint density at radius 2 is 2.00 bits per heavy atom. The minimum atomic E-state index is 0.913. The van der Waals surface area contributed by atoms with Gasteiger partial charge in [0.15, 0.2) is 0 Å². The average molecular weight is 244 g/mol. The smallest absolute Gasteiger partial charge is 0.217 e. The molecule has 1 fully saturated rings. The van der Waals surface area contributed by atoms with Crippen LogP contribution in [0.4, 0.5) is 0 Å². The Balaban J connectivity index is 2.04. The van der Waals surface area contributed by atoms with Crippen molar-refractivity contribution in [1.82, 2.24) is 9.91 Å². The van der Waals surface area contributed by atoms with Crippen molar-refractivity contribution in [1.29, 1.82) is 0 Å². The fourth-order valence-electron chi connectivity index (χ4n) is 2.10. The van der Waals surface area contributed by atoms with Gasteiger partial charge in [-0.05, 0) is 12.0 Å². The largest absolute Gasteiger partial charge is 0.340 e. The van der Waals surface area contributed by atoms with E-state index >= 15 is 0 Å². The SMILES string of the molecule is CCCN1CCN(/N=C/c2ccccc2)/C1=N/C. The van der Waals surface area contributed by atoms with Crippen LogP contribution in [0.25, 0.3) is 0 Å². The molecule has 1 aliphatic rings. The van der Waals surface area contributed by atoms with Crippen LogP contribution in [0.15, 0.2) is 40.4 Å². The van der Waals surface area contributed by atoms with Crippen LogP contribution >= 0.6 is 0 Å². The highest BCUT2D eigenvalue weighted by atomic mass is 15.6. The Labute approximate surface area is 109 Å². The molecule has 0 unspecified atom stereocenters. The Hall–Kier alpha value is -1.84. The van der Waals surface area contributed by atoms with E-state index in [9.17, 15) is 0 Å². The summed E-state index contributed by atoms with van der Waals surface area (Å²) in [7, 11) is 1.83. The molecule has 96 valence electrons. The molecule has 0 bridgehead atoms. The Bertz CT molecular complexity index is 425. The highest BCUT2D eigenvalue weighted by molar-refractivity contribution is 5.85. The summed E-state index contributed by atoms with van der Waals surface area (Å²) in [5.74, 6) is 0.976. The summed E-state index contributed by atoms with van der Waals surface area (Å²) in [5.41, 5.74) is 1.11. The van der Waals surface area contributed by atoms with Crippen LogP contribution in [0.2, 0.25) is 0 Å². The van der Waals surface area contributed by atoms with E-state index in [1.165, 1.54) is 0 Å². The van der Waals surface area contributed by atoms with E-state index in [2.05, 4.69) is 21.9 Å². The van der Waals surface area contributed by atoms with Crippen LogP contribution in [0.1, 0.15) is 18.9 Å². The first-order valence-corrected chi connectivity index (χ1v) is 6.43. The van der Waals surface area contributed by atoms with Crippen LogP contribution < -0.4 is 0 Å². The lowest BCUT2D eigenvalue weighted by Crippen LogP contribution is -2.31. The molecule has 0 atom stereocenters. The minimum absolute atomic E-state index is 0.913. The molecule has 1 aromatic rings. The molecular formula is C14H20N4. The van der Waals surface area contributed by atoms with Crippen molar-refractivity contribution in [2.24, 2.45) is 10.1 Å². The van der Waals surface area contributed by atoms with Gasteiger partial charge in [-0.25, -0.2) is 5.01 Å². The van der Waals surface area contributed by atoms with Crippen LogP contribution in [-0.2, 0) is 0 Å². The number of benzene rings is 1. The van der Waals surface area contributed by atoms with Crippen molar-refractivity contribution in [3.8, 4) is 0 Å². The molecule has 18 heavy (non-hydrogen) atoms. The maximum absolute atomic E-state index is 4.51. The molecule has 0 aliphatic carbocycles. The van der Waals surface area contributed by atoms with Crippen LogP contribution in [0, 0.1) is 0 Å². The number of guanidine groups is 1. The van der Waals surface area contributed by atoms with Crippen molar-refractivity contribution < 1.29 is 0 Å². The van der Waals surface area contributed by atoms with E-state index in [4.69, 9.17) is 0 Å². The van der Waals surface area contributed by atoms with Gasteiger partial charge in [0.05, 0.1) is 12.8 Å². The van der Waals surface area contributed by atoms with Gasteiger partial charge in [-0.2, -0.15) is 5.10 Å². The second kappa shape index (κ2) is 6.19. The summed E-state index contributed by atoms with van der Waals surface area (Å²) in [5, 5.41) is 6.49. The topological polar surface area (TPSA) is 31.2 Å². The third-order valence-corrected chi connectivity index (χ3v) is 2.93. The van der Waals surface area contributed by atoms with Gasteiger partial charge in [0.1, 0.15) is 0 Å². The standard InChI is InChI=1S/C14H20N4/c1-3-9-17-10-11-18(14(17)15-2)16-12-13-7-5-4-6-8-13/h4-8,12H,3,9-11H2,1-2H3/b15-14+,16-12+. The number of hydrazone groups is 1. The summed E-state index contributed by atoms with van der Waals surface area (Å²) in [6, 6.07) is 10.1. The second-order valence-electron chi connectivity index (χ2n) is 4.29. The molecule has 0 N–H and O–H groups in total. The van der Waals surface area contributed by atoms with Gasteiger partial charge < -0.3 is 4.90 Å². The average Bonchev–Trinajstić information content (AvgIpc) is 2.80. The van der Waals surface area contributed by atoms with Crippen molar-refractivity contribution in [2.45, 2.75) is 13.3 Å².